The number of rotatable bonds is 6. The summed E-state index contributed by atoms with van der Waals surface area (Å²) < 4.78 is 79.5. The third-order valence-electron chi connectivity index (χ3n) is 4.11. The number of guanidine groups is 1. The normalized spacial score (nSPS) is 17.4. The van der Waals surface area contributed by atoms with E-state index in [1.165, 1.54) is 25.2 Å². The predicted octanol–water partition coefficient (Wildman–Crippen LogP) is 1.68. The van der Waals surface area contributed by atoms with Crippen molar-refractivity contribution < 1.29 is 30.7 Å². The summed E-state index contributed by atoms with van der Waals surface area (Å²) in [4.78, 5) is 4.01. The highest BCUT2D eigenvalue weighted by Gasteiger charge is 2.50. The van der Waals surface area contributed by atoms with Gasteiger partial charge in [-0.05, 0) is 25.0 Å². The molecule has 7 nitrogen and oxygen atoms in total. The fourth-order valence-corrected chi connectivity index (χ4v) is 3.65. The predicted molar refractivity (Wildman–Crippen MR) is 96.0 cm³/mol. The zero-order valence-electron chi connectivity index (χ0n) is 15.2. The smallest absolute Gasteiger partial charge is 0.492 e. The molecule has 12 heteroatoms. The summed E-state index contributed by atoms with van der Waals surface area (Å²) in [6.45, 7) is 0.155. The summed E-state index contributed by atoms with van der Waals surface area (Å²) in [7, 11) is -3.75. The van der Waals surface area contributed by atoms with E-state index in [1.807, 2.05) is 0 Å². The van der Waals surface area contributed by atoms with E-state index in [1.54, 1.807) is 6.07 Å². The van der Waals surface area contributed by atoms with E-state index >= 15 is 0 Å². The minimum absolute atomic E-state index is 0.213. The quantitative estimate of drug-likeness (QED) is 0.313. The first-order valence-corrected chi connectivity index (χ1v) is 9.99. The van der Waals surface area contributed by atoms with Crippen LogP contribution in [0.1, 0.15) is 12.8 Å². The van der Waals surface area contributed by atoms with Gasteiger partial charge in [-0.25, -0.2) is 12.8 Å². The highest BCUT2D eigenvalue weighted by molar-refractivity contribution is 7.90. The van der Waals surface area contributed by atoms with Crippen LogP contribution in [-0.2, 0) is 10.0 Å². The van der Waals surface area contributed by atoms with Gasteiger partial charge in [0, 0.05) is 32.2 Å². The Morgan fingerprint density at radius 3 is 2.57 bits per heavy atom. The number of hydrogen-bond donors (Lipinski definition) is 2. The highest BCUT2D eigenvalue weighted by Crippen LogP contribution is 2.28. The minimum atomic E-state index is -5.29. The lowest BCUT2D eigenvalue weighted by Gasteiger charge is -2.32. The third kappa shape index (κ3) is 5.96. The Labute approximate surface area is 160 Å². The van der Waals surface area contributed by atoms with Crippen LogP contribution >= 0.6 is 0 Å². The van der Waals surface area contributed by atoms with Crippen LogP contribution in [0.25, 0.3) is 0 Å². The van der Waals surface area contributed by atoms with Crippen LogP contribution < -0.4 is 15.4 Å². The van der Waals surface area contributed by atoms with Gasteiger partial charge in [0.1, 0.15) is 18.2 Å². The number of halogens is 4. The van der Waals surface area contributed by atoms with Crippen molar-refractivity contribution in [3.05, 3.63) is 30.1 Å². The average Bonchev–Trinajstić information content (AvgIpc) is 2.63. The van der Waals surface area contributed by atoms with Gasteiger partial charge in [0.2, 0.25) is 0 Å². The molecule has 1 aliphatic rings. The SMILES string of the molecule is CN=C(NCCOc1cccc(F)c1)NC1CCN(S(=O)(=O)C(F)(F)F)CC1. The summed E-state index contributed by atoms with van der Waals surface area (Å²) >= 11 is 0. The third-order valence-corrected chi connectivity index (χ3v) is 5.74. The van der Waals surface area contributed by atoms with E-state index in [0.29, 0.717) is 22.6 Å². The molecule has 28 heavy (non-hydrogen) atoms. The summed E-state index contributed by atoms with van der Waals surface area (Å²) in [5, 5.41) is 6.02. The Balaban J connectivity index is 1.74. The molecule has 0 unspecified atom stereocenters. The molecule has 1 aliphatic heterocycles. The molecule has 0 spiro atoms. The van der Waals surface area contributed by atoms with Gasteiger partial charge in [-0.2, -0.15) is 17.5 Å². The van der Waals surface area contributed by atoms with Crippen LogP contribution in [0.4, 0.5) is 17.6 Å². The number of hydrogen-bond acceptors (Lipinski definition) is 4. The number of nitrogens with zero attached hydrogens (tertiary/aromatic N) is 2. The molecule has 2 rings (SSSR count). The molecule has 158 valence electrons. The van der Waals surface area contributed by atoms with Gasteiger partial charge in [0.15, 0.2) is 5.96 Å². The largest absolute Gasteiger partial charge is 0.511 e. The molecule has 2 N–H and O–H groups in total. The van der Waals surface area contributed by atoms with Gasteiger partial charge < -0.3 is 15.4 Å². The Morgan fingerprint density at radius 1 is 1.32 bits per heavy atom. The Kier molecular flexibility index (Phi) is 7.47. The number of aliphatic imine (C=N–C) groups is 1. The molecule has 0 bridgehead atoms. The molecule has 0 amide bonds. The summed E-state index contributed by atoms with van der Waals surface area (Å²) in [5.74, 6) is 0.407. The van der Waals surface area contributed by atoms with Gasteiger partial charge >= 0.3 is 15.5 Å². The second-order valence-electron chi connectivity index (χ2n) is 6.07. The fraction of sp³-hybridized carbons (Fsp3) is 0.562. The van der Waals surface area contributed by atoms with Gasteiger partial charge in [0.05, 0.1) is 6.54 Å². The number of ether oxygens (including phenoxy) is 1. The maximum Gasteiger partial charge on any atom is 0.511 e. The summed E-state index contributed by atoms with van der Waals surface area (Å²) in [6.07, 6.45) is 0.436. The lowest BCUT2D eigenvalue weighted by Crippen LogP contribution is -2.52. The molecule has 1 saturated heterocycles. The van der Waals surface area contributed by atoms with Crippen molar-refractivity contribution in [2.24, 2.45) is 4.99 Å². The van der Waals surface area contributed by atoms with E-state index in [2.05, 4.69) is 15.6 Å². The number of benzene rings is 1. The van der Waals surface area contributed by atoms with Crippen LogP contribution in [0.5, 0.6) is 5.75 Å². The lowest BCUT2D eigenvalue weighted by atomic mass is 10.1. The van der Waals surface area contributed by atoms with Crippen molar-refractivity contribution in [3.8, 4) is 5.75 Å². The molecule has 1 heterocycles. The second kappa shape index (κ2) is 9.41. The van der Waals surface area contributed by atoms with Crippen molar-refractivity contribution >= 4 is 16.0 Å². The Bertz CT molecular complexity index is 778. The Morgan fingerprint density at radius 2 is 2.00 bits per heavy atom. The van der Waals surface area contributed by atoms with E-state index in [4.69, 9.17) is 4.74 Å². The summed E-state index contributed by atoms with van der Waals surface area (Å²) in [6, 6.07) is 5.51. The van der Waals surface area contributed by atoms with E-state index in [-0.39, 0.29) is 38.6 Å². The monoisotopic (exact) mass is 426 g/mol. The molecule has 0 radical (unpaired) electrons. The first-order chi connectivity index (χ1) is 13.1. The molecule has 1 fully saturated rings. The first kappa shape index (κ1) is 22.2. The van der Waals surface area contributed by atoms with Crippen LogP contribution in [0.3, 0.4) is 0 Å². The minimum Gasteiger partial charge on any atom is -0.492 e. The molecule has 0 aromatic heterocycles. The molecule has 0 atom stereocenters. The fourth-order valence-electron chi connectivity index (χ4n) is 2.67. The number of alkyl halides is 3. The van der Waals surface area contributed by atoms with Gasteiger partial charge in [-0.3, -0.25) is 4.99 Å². The van der Waals surface area contributed by atoms with Crippen LogP contribution in [0.15, 0.2) is 29.3 Å². The highest BCUT2D eigenvalue weighted by atomic mass is 32.2. The molecular formula is C16H22F4N4O3S. The van der Waals surface area contributed by atoms with Crippen molar-refractivity contribution in [2.45, 2.75) is 24.4 Å². The molecule has 1 aromatic rings. The molecular weight excluding hydrogens is 404 g/mol. The number of piperidine rings is 1. The van der Waals surface area contributed by atoms with E-state index < -0.39 is 21.3 Å². The van der Waals surface area contributed by atoms with Crippen molar-refractivity contribution in [1.82, 2.24) is 14.9 Å². The average molecular weight is 426 g/mol. The number of sulfonamides is 1. The number of nitrogens with one attached hydrogen (secondary N) is 2. The second-order valence-corrected chi connectivity index (χ2v) is 8.00. The van der Waals surface area contributed by atoms with E-state index in [9.17, 15) is 26.0 Å². The van der Waals surface area contributed by atoms with Crippen LogP contribution in [0.2, 0.25) is 0 Å². The van der Waals surface area contributed by atoms with Crippen molar-refractivity contribution in [2.75, 3.05) is 33.3 Å². The molecule has 0 aliphatic carbocycles. The van der Waals surface area contributed by atoms with Crippen molar-refractivity contribution in [3.63, 3.8) is 0 Å². The van der Waals surface area contributed by atoms with Crippen LogP contribution in [0, 0.1) is 5.82 Å². The summed E-state index contributed by atoms with van der Waals surface area (Å²) in [5.41, 5.74) is -5.29. The Hall–Kier alpha value is -2.08. The van der Waals surface area contributed by atoms with Gasteiger partial charge in [-0.15, -0.1) is 0 Å². The molecule has 1 aromatic carbocycles. The standard InChI is InChI=1S/C16H22F4N4O3S/c1-21-15(22-7-10-27-14-4-2-3-12(17)11-14)23-13-5-8-24(9-6-13)28(25,26)16(18,19)20/h2-4,11,13H,5-10H2,1H3,(H2,21,22,23). The van der Waals surface area contributed by atoms with Gasteiger partial charge in [-0.1, -0.05) is 6.07 Å². The first-order valence-electron chi connectivity index (χ1n) is 8.55. The lowest BCUT2D eigenvalue weighted by molar-refractivity contribution is -0.0494. The van der Waals surface area contributed by atoms with Crippen LogP contribution in [-0.4, -0.2) is 63.5 Å². The maximum absolute atomic E-state index is 13.1. The topological polar surface area (TPSA) is 83.0 Å². The maximum atomic E-state index is 13.1. The zero-order chi connectivity index (χ0) is 20.8. The zero-order valence-corrected chi connectivity index (χ0v) is 16.0. The van der Waals surface area contributed by atoms with Crippen molar-refractivity contribution in [1.29, 1.82) is 0 Å². The molecule has 0 saturated carbocycles. The van der Waals surface area contributed by atoms with E-state index in [0.717, 1.165) is 0 Å². The van der Waals surface area contributed by atoms with Gasteiger partial charge in [0.25, 0.3) is 0 Å².